The molecular weight excluding hydrogens is 194 g/mol. The van der Waals surface area contributed by atoms with E-state index in [2.05, 4.69) is 4.98 Å². The molecule has 0 aliphatic rings. The highest BCUT2D eigenvalue weighted by molar-refractivity contribution is 7.11. The molecule has 0 radical (unpaired) electrons. The van der Waals surface area contributed by atoms with Gasteiger partial charge in [0.1, 0.15) is 0 Å². The third-order valence-corrected chi connectivity index (χ3v) is 2.90. The lowest BCUT2D eigenvalue weighted by Gasteiger charge is -2.06. The van der Waals surface area contributed by atoms with E-state index in [0.717, 1.165) is 10.6 Å². The van der Waals surface area contributed by atoms with Crippen LogP contribution in [-0.4, -0.2) is 17.5 Å². The highest BCUT2D eigenvalue weighted by Crippen LogP contribution is 2.18. The van der Waals surface area contributed by atoms with Gasteiger partial charge in [-0.2, -0.15) is 0 Å². The van der Waals surface area contributed by atoms with Crippen LogP contribution in [0.5, 0.6) is 0 Å². The van der Waals surface area contributed by atoms with Crippen LogP contribution >= 0.6 is 11.3 Å². The number of thiazole rings is 1. The van der Waals surface area contributed by atoms with Crippen LogP contribution in [0.2, 0.25) is 0 Å². The molecule has 0 aliphatic carbocycles. The molecule has 0 fully saturated rings. The number of halogens is 2. The second kappa shape index (κ2) is 4.11. The van der Waals surface area contributed by atoms with Gasteiger partial charge in [-0.05, 0) is 13.8 Å². The van der Waals surface area contributed by atoms with Crippen molar-refractivity contribution in [3.8, 4) is 0 Å². The molecule has 0 aromatic carbocycles. The molecule has 1 unspecified atom stereocenters. The van der Waals surface area contributed by atoms with Gasteiger partial charge >= 0.3 is 0 Å². The Kier molecular flexibility index (Phi) is 3.33. The number of aromatic nitrogens is 1. The van der Waals surface area contributed by atoms with Crippen LogP contribution in [0.25, 0.3) is 0 Å². The molecule has 1 aromatic heterocycles. The number of aryl methyl sites for hydroxylation is 2. The summed E-state index contributed by atoms with van der Waals surface area (Å²) in [5.41, 5.74) is 6.13. The molecule has 0 saturated heterocycles. The van der Waals surface area contributed by atoms with E-state index in [9.17, 15) is 8.78 Å². The SMILES string of the molecule is Cc1nc(CC(N)C(F)F)sc1C. The van der Waals surface area contributed by atoms with Gasteiger partial charge in [0.25, 0.3) is 6.43 Å². The molecule has 1 atom stereocenters. The van der Waals surface area contributed by atoms with Crippen LogP contribution in [0.1, 0.15) is 15.6 Å². The van der Waals surface area contributed by atoms with Gasteiger partial charge in [-0.1, -0.05) is 0 Å². The van der Waals surface area contributed by atoms with E-state index in [1.807, 2.05) is 13.8 Å². The molecule has 5 heteroatoms. The standard InChI is InChI=1S/C8H12F2N2S/c1-4-5(2)13-7(12-4)3-6(11)8(9)10/h6,8H,3,11H2,1-2H3. The van der Waals surface area contributed by atoms with Crippen LogP contribution < -0.4 is 5.73 Å². The lowest BCUT2D eigenvalue weighted by molar-refractivity contribution is 0.116. The minimum Gasteiger partial charge on any atom is -0.323 e. The number of nitrogens with two attached hydrogens (primary N) is 1. The maximum atomic E-state index is 12.1. The first-order chi connectivity index (χ1) is 6.00. The summed E-state index contributed by atoms with van der Waals surface area (Å²) >= 11 is 1.44. The monoisotopic (exact) mass is 206 g/mol. The normalized spacial score (nSPS) is 13.7. The molecule has 0 aliphatic heterocycles. The van der Waals surface area contributed by atoms with E-state index in [4.69, 9.17) is 5.73 Å². The van der Waals surface area contributed by atoms with Crippen LogP contribution in [-0.2, 0) is 6.42 Å². The van der Waals surface area contributed by atoms with E-state index < -0.39 is 12.5 Å². The fourth-order valence-corrected chi connectivity index (χ4v) is 1.92. The van der Waals surface area contributed by atoms with Crippen molar-refractivity contribution in [2.75, 3.05) is 0 Å². The molecule has 2 N–H and O–H groups in total. The minimum absolute atomic E-state index is 0.164. The number of hydrogen-bond acceptors (Lipinski definition) is 3. The van der Waals surface area contributed by atoms with Gasteiger partial charge in [0.15, 0.2) is 0 Å². The quantitative estimate of drug-likeness (QED) is 0.820. The maximum absolute atomic E-state index is 12.1. The summed E-state index contributed by atoms with van der Waals surface area (Å²) in [6, 6.07) is -1.09. The molecule has 0 saturated carbocycles. The summed E-state index contributed by atoms with van der Waals surface area (Å²) < 4.78 is 24.1. The minimum atomic E-state index is -2.47. The van der Waals surface area contributed by atoms with Crippen LogP contribution in [0, 0.1) is 13.8 Å². The summed E-state index contributed by atoms with van der Waals surface area (Å²) in [7, 11) is 0. The Balaban J connectivity index is 2.64. The topological polar surface area (TPSA) is 38.9 Å². The number of hydrogen-bond donors (Lipinski definition) is 1. The zero-order chi connectivity index (χ0) is 10.0. The fourth-order valence-electron chi connectivity index (χ4n) is 0.917. The number of nitrogens with zero attached hydrogens (tertiary/aromatic N) is 1. The predicted molar refractivity (Wildman–Crippen MR) is 49.3 cm³/mol. The first kappa shape index (κ1) is 10.5. The number of alkyl halides is 2. The molecular formula is C8H12F2N2S. The van der Waals surface area contributed by atoms with Crippen molar-refractivity contribution >= 4 is 11.3 Å². The highest BCUT2D eigenvalue weighted by Gasteiger charge is 2.17. The van der Waals surface area contributed by atoms with Crippen molar-refractivity contribution < 1.29 is 8.78 Å². The van der Waals surface area contributed by atoms with Crippen molar-refractivity contribution in [2.45, 2.75) is 32.7 Å². The lowest BCUT2D eigenvalue weighted by Crippen LogP contribution is -2.30. The Bertz CT molecular complexity index is 266. The first-order valence-electron chi connectivity index (χ1n) is 3.97. The molecule has 1 aromatic rings. The van der Waals surface area contributed by atoms with E-state index in [1.54, 1.807) is 0 Å². The maximum Gasteiger partial charge on any atom is 0.253 e. The van der Waals surface area contributed by atoms with Gasteiger partial charge in [-0.3, -0.25) is 0 Å². The summed E-state index contributed by atoms with van der Waals surface area (Å²) in [6.07, 6.45) is -2.30. The van der Waals surface area contributed by atoms with E-state index in [-0.39, 0.29) is 6.42 Å². The Hall–Kier alpha value is -0.550. The van der Waals surface area contributed by atoms with E-state index >= 15 is 0 Å². The van der Waals surface area contributed by atoms with Crippen LogP contribution in [0.3, 0.4) is 0 Å². The zero-order valence-electron chi connectivity index (χ0n) is 7.55. The summed E-state index contributed by atoms with van der Waals surface area (Å²) in [6.45, 7) is 3.79. The Morgan fingerprint density at radius 3 is 2.46 bits per heavy atom. The van der Waals surface area contributed by atoms with E-state index in [0.29, 0.717) is 5.01 Å². The molecule has 0 bridgehead atoms. The molecule has 1 heterocycles. The number of rotatable bonds is 3. The lowest BCUT2D eigenvalue weighted by atomic mass is 10.2. The predicted octanol–water partition coefficient (Wildman–Crippen LogP) is 1.89. The first-order valence-corrected chi connectivity index (χ1v) is 4.79. The third kappa shape index (κ3) is 2.70. The summed E-state index contributed by atoms with van der Waals surface area (Å²) in [4.78, 5) is 5.20. The van der Waals surface area contributed by atoms with Gasteiger partial charge in [0.05, 0.1) is 16.7 Å². The Labute approximate surface area is 79.8 Å². The summed E-state index contributed by atoms with van der Waals surface area (Å²) in [5.74, 6) is 0. The van der Waals surface area contributed by atoms with E-state index in [1.165, 1.54) is 11.3 Å². The van der Waals surface area contributed by atoms with Gasteiger partial charge in [0.2, 0.25) is 0 Å². The second-order valence-electron chi connectivity index (χ2n) is 2.95. The van der Waals surface area contributed by atoms with Crippen molar-refractivity contribution in [2.24, 2.45) is 5.73 Å². The van der Waals surface area contributed by atoms with Crippen LogP contribution in [0.4, 0.5) is 8.78 Å². The molecule has 2 nitrogen and oxygen atoms in total. The average Bonchev–Trinajstić information content (AvgIpc) is 2.31. The fraction of sp³-hybridized carbons (Fsp3) is 0.625. The van der Waals surface area contributed by atoms with Crippen molar-refractivity contribution in [3.05, 3.63) is 15.6 Å². The average molecular weight is 206 g/mol. The Morgan fingerprint density at radius 1 is 1.46 bits per heavy atom. The third-order valence-electron chi connectivity index (χ3n) is 1.81. The van der Waals surface area contributed by atoms with Gasteiger partial charge < -0.3 is 5.73 Å². The molecule has 0 amide bonds. The largest absolute Gasteiger partial charge is 0.323 e. The van der Waals surface area contributed by atoms with Crippen LogP contribution in [0.15, 0.2) is 0 Å². The smallest absolute Gasteiger partial charge is 0.253 e. The molecule has 0 spiro atoms. The molecule has 1 rings (SSSR count). The van der Waals surface area contributed by atoms with Gasteiger partial charge in [-0.15, -0.1) is 11.3 Å². The van der Waals surface area contributed by atoms with Crippen molar-refractivity contribution in [1.29, 1.82) is 0 Å². The van der Waals surface area contributed by atoms with Crippen molar-refractivity contribution in [1.82, 2.24) is 4.98 Å². The Morgan fingerprint density at radius 2 is 2.08 bits per heavy atom. The van der Waals surface area contributed by atoms with Crippen molar-refractivity contribution in [3.63, 3.8) is 0 Å². The zero-order valence-corrected chi connectivity index (χ0v) is 8.37. The highest BCUT2D eigenvalue weighted by atomic mass is 32.1. The van der Waals surface area contributed by atoms with Gasteiger partial charge in [0, 0.05) is 11.3 Å². The van der Waals surface area contributed by atoms with Gasteiger partial charge in [-0.25, -0.2) is 13.8 Å². The molecule has 13 heavy (non-hydrogen) atoms. The summed E-state index contributed by atoms with van der Waals surface area (Å²) in [5, 5.41) is 0.697. The second-order valence-corrected chi connectivity index (χ2v) is 4.24. The molecule has 74 valence electrons.